The van der Waals surface area contributed by atoms with Gasteiger partial charge in [-0.05, 0) is 36.4 Å². The highest BCUT2D eigenvalue weighted by Crippen LogP contribution is 2.26. The van der Waals surface area contributed by atoms with E-state index in [0.717, 1.165) is 10.9 Å². The van der Waals surface area contributed by atoms with Gasteiger partial charge in [-0.3, -0.25) is 9.59 Å². The Hall–Kier alpha value is -4.19. The number of nitrogens with zero attached hydrogens (tertiary/aromatic N) is 1. The number of nitrogens with one attached hydrogen (secondary N) is 3. The molecular weight excluding hydrogens is 364 g/mol. The van der Waals surface area contributed by atoms with Crippen molar-refractivity contribution in [1.29, 1.82) is 0 Å². The molecule has 0 saturated carbocycles. The van der Waals surface area contributed by atoms with Crippen LogP contribution in [0.1, 0.15) is 10.5 Å². The number of H-pyrrole nitrogens is 2. The van der Waals surface area contributed by atoms with Gasteiger partial charge in [0.2, 0.25) is 0 Å². The molecule has 0 aliphatic carbocycles. The zero-order valence-electron chi connectivity index (χ0n) is 15.3. The quantitative estimate of drug-likeness (QED) is 0.435. The van der Waals surface area contributed by atoms with Crippen molar-refractivity contribution in [2.75, 3.05) is 5.32 Å². The topological polar surface area (TPSA) is 90.6 Å². The fraction of sp³-hybridized carbons (Fsp3) is 0. The second-order valence-corrected chi connectivity index (χ2v) is 6.70. The molecule has 1 amide bonds. The third-order valence-corrected chi connectivity index (χ3v) is 4.82. The van der Waals surface area contributed by atoms with Gasteiger partial charge in [-0.2, -0.15) is 0 Å². The van der Waals surface area contributed by atoms with Crippen molar-refractivity contribution < 1.29 is 4.79 Å². The molecule has 3 aromatic carbocycles. The zero-order valence-corrected chi connectivity index (χ0v) is 15.3. The standard InChI is InChI=1S/C23H16N4O2/c28-22-16-9-3-6-12-19(16)25-21(27-22)15-8-2-5-11-18(15)26-23(29)20-13-14-7-1-4-10-17(14)24-20/h1-13,24H,(H,26,29)(H,25,27,28). The molecule has 5 aromatic rings. The summed E-state index contributed by atoms with van der Waals surface area (Å²) in [5, 5.41) is 4.41. The molecule has 140 valence electrons. The smallest absolute Gasteiger partial charge is 0.272 e. The second-order valence-electron chi connectivity index (χ2n) is 6.70. The predicted octanol–water partition coefficient (Wildman–Crippen LogP) is 4.32. The minimum absolute atomic E-state index is 0.220. The number of rotatable bonds is 3. The van der Waals surface area contributed by atoms with E-state index in [-0.39, 0.29) is 11.5 Å². The summed E-state index contributed by atoms with van der Waals surface area (Å²) in [5.41, 5.74) is 2.94. The molecule has 0 atom stereocenters. The molecule has 0 aliphatic heterocycles. The molecule has 5 rings (SSSR count). The highest BCUT2D eigenvalue weighted by Gasteiger charge is 2.14. The van der Waals surface area contributed by atoms with Crippen LogP contribution in [0.4, 0.5) is 5.69 Å². The number of para-hydroxylation sites is 3. The van der Waals surface area contributed by atoms with Gasteiger partial charge in [0.05, 0.1) is 16.6 Å². The second kappa shape index (κ2) is 6.76. The van der Waals surface area contributed by atoms with E-state index in [1.807, 2.05) is 54.6 Å². The number of hydrogen-bond acceptors (Lipinski definition) is 3. The molecule has 0 aliphatic rings. The van der Waals surface area contributed by atoms with Gasteiger partial charge in [0.1, 0.15) is 11.5 Å². The van der Waals surface area contributed by atoms with Gasteiger partial charge in [0.15, 0.2) is 0 Å². The minimum Gasteiger partial charge on any atom is -0.351 e. The molecule has 6 heteroatoms. The van der Waals surface area contributed by atoms with Gasteiger partial charge < -0.3 is 15.3 Å². The van der Waals surface area contributed by atoms with Crippen molar-refractivity contribution in [3.8, 4) is 11.4 Å². The van der Waals surface area contributed by atoms with Gasteiger partial charge in [-0.25, -0.2) is 4.98 Å². The molecule has 6 nitrogen and oxygen atoms in total. The summed E-state index contributed by atoms with van der Waals surface area (Å²) in [4.78, 5) is 35.8. The number of carbonyl (C=O) groups excluding carboxylic acids is 1. The molecule has 0 unspecified atom stereocenters. The van der Waals surface area contributed by atoms with Gasteiger partial charge in [-0.1, -0.05) is 42.5 Å². The molecule has 3 N–H and O–H groups in total. The van der Waals surface area contributed by atoms with Gasteiger partial charge in [0, 0.05) is 16.5 Å². The number of anilines is 1. The number of amides is 1. The van der Waals surface area contributed by atoms with Crippen LogP contribution in [0.3, 0.4) is 0 Å². The Morgan fingerprint density at radius 1 is 0.862 bits per heavy atom. The van der Waals surface area contributed by atoms with Crippen molar-refractivity contribution >= 4 is 33.4 Å². The van der Waals surface area contributed by atoms with Crippen molar-refractivity contribution in [2.45, 2.75) is 0 Å². The molecule has 29 heavy (non-hydrogen) atoms. The summed E-state index contributed by atoms with van der Waals surface area (Å²) in [5.74, 6) is 0.137. The highest BCUT2D eigenvalue weighted by atomic mass is 16.2. The Labute approximate surface area is 165 Å². The number of fused-ring (bicyclic) bond motifs is 2. The Balaban J connectivity index is 1.54. The van der Waals surface area contributed by atoms with Crippen LogP contribution in [-0.2, 0) is 0 Å². The molecule has 0 fully saturated rings. The van der Waals surface area contributed by atoms with E-state index >= 15 is 0 Å². The molecule has 2 heterocycles. The van der Waals surface area contributed by atoms with E-state index < -0.39 is 0 Å². The monoisotopic (exact) mass is 380 g/mol. The molecule has 2 aromatic heterocycles. The van der Waals surface area contributed by atoms with Crippen LogP contribution in [0.5, 0.6) is 0 Å². The van der Waals surface area contributed by atoms with Crippen LogP contribution in [-0.4, -0.2) is 20.9 Å². The summed E-state index contributed by atoms with van der Waals surface area (Å²) >= 11 is 0. The Kier molecular flexibility index (Phi) is 3.95. The van der Waals surface area contributed by atoms with Crippen LogP contribution in [0.15, 0.2) is 83.7 Å². The van der Waals surface area contributed by atoms with Crippen LogP contribution >= 0.6 is 0 Å². The van der Waals surface area contributed by atoms with E-state index in [0.29, 0.717) is 33.7 Å². The first kappa shape index (κ1) is 16.9. The molecular formula is C23H16N4O2. The lowest BCUT2D eigenvalue weighted by Gasteiger charge is -2.10. The zero-order chi connectivity index (χ0) is 19.8. The fourth-order valence-corrected chi connectivity index (χ4v) is 3.40. The Morgan fingerprint density at radius 2 is 1.62 bits per heavy atom. The number of aromatic nitrogens is 3. The average Bonchev–Trinajstić information content (AvgIpc) is 3.19. The van der Waals surface area contributed by atoms with Crippen LogP contribution in [0.25, 0.3) is 33.2 Å². The summed E-state index contributed by atoms with van der Waals surface area (Å²) in [7, 11) is 0. The highest BCUT2D eigenvalue weighted by molar-refractivity contribution is 6.07. The third kappa shape index (κ3) is 3.06. The van der Waals surface area contributed by atoms with Crippen LogP contribution < -0.4 is 10.9 Å². The van der Waals surface area contributed by atoms with E-state index in [2.05, 4.69) is 20.3 Å². The largest absolute Gasteiger partial charge is 0.351 e. The number of benzene rings is 3. The van der Waals surface area contributed by atoms with Gasteiger partial charge in [0.25, 0.3) is 11.5 Å². The maximum absolute atomic E-state index is 12.8. The first-order valence-electron chi connectivity index (χ1n) is 9.16. The lowest BCUT2D eigenvalue weighted by molar-refractivity contribution is 0.102. The molecule has 0 saturated heterocycles. The summed E-state index contributed by atoms with van der Waals surface area (Å²) in [6.45, 7) is 0. The first-order valence-corrected chi connectivity index (χ1v) is 9.16. The minimum atomic E-state index is -0.267. The SMILES string of the molecule is O=C(Nc1ccccc1-c1nc2ccccc2c(=O)[nH]1)c1cc2ccccc2[nH]1. The molecule has 0 bridgehead atoms. The van der Waals surface area contributed by atoms with E-state index in [4.69, 9.17) is 0 Å². The van der Waals surface area contributed by atoms with Crippen molar-refractivity contribution in [1.82, 2.24) is 15.0 Å². The van der Waals surface area contributed by atoms with Gasteiger partial charge >= 0.3 is 0 Å². The first-order chi connectivity index (χ1) is 14.2. The van der Waals surface area contributed by atoms with Crippen molar-refractivity contribution in [2.24, 2.45) is 0 Å². The Morgan fingerprint density at radius 3 is 2.52 bits per heavy atom. The Bertz CT molecular complexity index is 1400. The third-order valence-electron chi connectivity index (χ3n) is 4.82. The summed E-state index contributed by atoms with van der Waals surface area (Å²) in [6.07, 6.45) is 0. The molecule has 0 radical (unpaired) electrons. The van der Waals surface area contributed by atoms with Crippen LogP contribution in [0, 0.1) is 0 Å². The van der Waals surface area contributed by atoms with E-state index in [1.165, 1.54) is 0 Å². The lowest BCUT2D eigenvalue weighted by atomic mass is 10.1. The normalized spacial score (nSPS) is 11.0. The lowest BCUT2D eigenvalue weighted by Crippen LogP contribution is -2.14. The maximum atomic E-state index is 12.8. The van der Waals surface area contributed by atoms with Gasteiger partial charge in [-0.15, -0.1) is 0 Å². The van der Waals surface area contributed by atoms with E-state index in [1.54, 1.807) is 24.3 Å². The summed E-state index contributed by atoms with van der Waals surface area (Å²) in [6, 6.07) is 23.9. The van der Waals surface area contributed by atoms with Crippen molar-refractivity contribution in [3.05, 3.63) is 94.9 Å². The fourth-order valence-electron chi connectivity index (χ4n) is 3.40. The number of hydrogen-bond donors (Lipinski definition) is 3. The molecule has 0 spiro atoms. The number of aromatic amines is 2. The average molecular weight is 380 g/mol. The predicted molar refractivity (Wildman–Crippen MR) is 114 cm³/mol. The van der Waals surface area contributed by atoms with E-state index in [9.17, 15) is 9.59 Å². The van der Waals surface area contributed by atoms with Crippen LogP contribution in [0.2, 0.25) is 0 Å². The maximum Gasteiger partial charge on any atom is 0.272 e. The summed E-state index contributed by atoms with van der Waals surface area (Å²) < 4.78 is 0. The number of carbonyl (C=O) groups is 1. The van der Waals surface area contributed by atoms with Crippen molar-refractivity contribution in [3.63, 3.8) is 0 Å².